The molecule has 8 heteroatoms. The number of fused-ring (bicyclic) bond motifs is 1. The zero-order valence-corrected chi connectivity index (χ0v) is 15.3. The molecule has 0 atom stereocenters. The molecule has 0 aliphatic heterocycles. The number of pyridine rings is 1. The van der Waals surface area contributed by atoms with Crippen LogP contribution in [0.15, 0.2) is 61.1 Å². The van der Waals surface area contributed by atoms with E-state index in [-0.39, 0.29) is 5.56 Å². The molecule has 2 N–H and O–H groups in total. The van der Waals surface area contributed by atoms with Gasteiger partial charge in [0.2, 0.25) is 5.95 Å². The summed E-state index contributed by atoms with van der Waals surface area (Å²) in [6, 6.07) is 12.9. The number of halogens is 1. The van der Waals surface area contributed by atoms with Crippen LogP contribution in [0, 0.1) is 12.9 Å². The fraction of sp³-hybridized carbons (Fsp3) is 0.0476. The number of hydrogen-bond acceptors (Lipinski definition) is 6. The van der Waals surface area contributed by atoms with Gasteiger partial charge in [0.25, 0.3) is 0 Å². The van der Waals surface area contributed by atoms with Gasteiger partial charge in [-0.3, -0.25) is 0 Å². The van der Waals surface area contributed by atoms with E-state index in [1.807, 2.05) is 13.0 Å². The van der Waals surface area contributed by atoms with Crippen LogP contribution >= 0.6 is 0 Å². The van der Waals surface area contributed by atoms with Crippen molar-refractivity contribution < 1.29 is 19.0 Å². The van der Waals surface area contributed by atoms with Crippen LogP contribution in [0.1, 0.15) is 15.9 Å². The molecule has 0 radical (unpaired) electrons. The maximum Gasteiger partial charge on any atom is 0.335 e. The fourth-order valence-electron chi connectivity index (χ4n) is 2.80. The topological polar surface area (TPSA) is 97.2 Å². The fourth-order valence-corrected chi connectivity index (χ4v) is 2.80. The highest BCUT2D eigenvalue weighted by molar-refractivity contribution is 5.90. The third kappa shape index (κ3) is 3.96. The van der Waals surface area contributed by atoms with Gasteiger partial charge in [-0.05, 0) is 55.0 Å². The number of hydrogen-bond donors (Lipinski definition) is 2. The van der Waals surface area contributed by atoms with Gasteiger partial charge in [0.05, 0.1) is 17.3 Å². The van der Waals surface area contributed by atoms with Gasteiger partial charge in [-0.25, -0.2) is 19.7 Å². The van der Waals surface area contributed by atoms with Gasteiger partial charge in [0, 0.05) is 17.1 Å². The summed E-state index contributed by atoms with van der Waals surface area (Å²) in [6.07, 6.45) is 2.74. The quantitative estimate of drug-likeness (QED) is 0.476. The minimum absolute atomic E-state index is 0.192. The van der Waals surface area contributed by atoms with Crippen molar-refractivity contribution in [3.05, 3.63) is 78.1 Å². The van der Waals surface area contributed by atoms with Gasteiger partial charge < -0.3 is 15.2 Å². The number of rotatable bonds is 5. The average Bonchev–Trinajstić information content (AvgIpc) is 2.71. The number of nitrogens with one attached hydrogen (secondary N) is 1. The number of nitrogens with zero attached hydrogens (tertiary/aromatic N) is 3. The molecule has 4 rings (SSSR count). The Kier molecular flexibility index (Phi) is 4.74. The standard InChI is InChI=1S/C21H15FN4O3/c1-12-8-14(26-20-16-9-19(22)23-10-17(16)24-11-25-20)4-7-18(12)29-15-5-2-13(3-6-15)21(27)28/h2-11H,1H3,(H,27,28)(H,24,25,26). The van der Waals surface area contributed by atoms with Gasteiger partial charge in [-0.15, -0.1) is 0 Å². The summed E-state index contributed by atoms with van der Waals surface area (Å²) in [5.74, 6) is 0.0267. The van der Waals surface area contributed by atoms with E-state index < -0.39 is 11.9 Å². The highest BCUT2D eigenvalue weighted by Gasteiger charge is 2.09. The molecule has 0 spiro atoms. The number of benzene rings is 2. The molecule has 0 aliphatic rings. The zero-order chi connectivity index (χ0) is 20.4. The van der Waals surface area contributed by atoms with Crippen molar-refractivity contribution >= 4 is 28.4 Å². The second-order valence-corrected chi connectivity index (χ2v) is 6.28. The number of carboxylic acids is 1. The minimum Gasteiger partial charge on any atom is -0.478 e. The lowest BCUT2D eigenvalue weighted by atomic mass is 10.2. The van der Waals surface area contributed by atoms with E-state index in [4.69, 9.17) is 9.84 Å². The van der Waals surface area contributed by atoms with Gasteiger partial charge >= 0.3 is 5.97 Å². The summed E-state index contributed by atoms with van der Waals surface area (Å²) in [6.45, 7) is 1.88. The monoisotopic (exact) mass is 390 g/mol. The van der Waals surface area contributed by atoms with Gasteiger partial charge in [0.15, 0.2) is 0 Å². The number of carbonyl (C=O) groups is 1. The Balaban J connectivity index is 1.56. The minimum atomic E-state index is -0.990. The Bertz CT molecular complexity index is 1210. The largest absolute Gasteiger partial charge is 0.478 e. The van der Waals surface area contributed by atoms with Gasteiger partial charge in [-0.1, -0.05) is 0 Å². The van der Waals surface area contributed by atoms with E-state index in [0.29, 0.717) is 28.2 Å². The number of aromatic nitrogens is 3. The van der Waals surface area contributed by atoms with Crippen molar-refractivity contribution in [2.75, 3.05) is 5.32 Å². The first-order valence-electron chi connectivity index (χ1n) is 8.65. The Morgan fingerprint density at radius 2 is 1.86 bits per heavy atom. The number of aryl methyl sites for hydroxylation is 1. The summed E-state index contributed by atoms with van der Waals surface area (Å²) in [5.41, 5.74) is 2.32. The molecule has 0 unspecified atom stereocenters. The van der Waals surface area contributed by atoms with Crippen molar-refractivity contribution in [1.29, 1.82) is 0 Å². The predicted molar refractivity (Wildman–Crippen MR) is 105 cm³/mol. The van der Waals surface area contributed by atoms with Crippen molar-refractivity contribution in [3.63, 3.8) is 0 Å². The lowest BCUT2D eigenvalue weighted by molar-refractivity contribution is 0.0697. The van der Waals surface area contributed by atoms with Crippen LogP contribution in [0.4, 0.5) is 15.9 Å². The molecule has 0 saturated carbocycles. The second kappa shape index (κ2) is 7.51. The molecule has 2 heterocycles. The molecule has 29 heavy (non-hydrogen) atoms. The van der Waals surface area contributed by atoms with Crippen molar-refractivity contribution in [2.24, 2.45) is 0 Å². The molecule has 0 saturated heterocycles. The van der Waals surface area contributed by atoms with Crippen LogP contribution in [0.5, 0.6) is 11.5 Å². The van der Waals surface area contributed by atoms with Crippen LogP contribution in [0.2, 0.25) is 0 Å². The molecule has 0 amide bonds. The SMILES string of the molecule is Cc1cc(Nc2ncnc3cnc(F)cc23)ccc1Oc1ccc(C(=O)O)cc1. The summed E-state index contributed by atoms with van der Waals surface area (Å²) >= 11 is 0. The van der Waals surface area contributed by atoms with E-state index in [2.05, 4.69) is 20.3 Å². The average molecular weight is 390 g/mol. The van der Waals surface area contributed by atoms with Crippen molar-refractivity contribution in [3.8, 4) is 11.5 Å². The molecule has 7 nitrogen and oxygen atoms in total. The molecular formula is C21H15FN4O3. The summed E-state index contributed by atoms with van der Waals surface area (Å²) < 4.78 is 19.3. The van der Waals surface area contributed by atoms with Crippen molar-refractivity contribution in [2.45, 2.75) is 6.92 Å². The third-order valence-electron chi connectivity index (χ3n) is 4.26. The Morgan fingerprint density at radius 1 is 1.07 bits per heavy atom. The first-order chi connectivity index (χ1) is 14.0. The van der Waals surface area contributed by atoms with E-state index in [1.165, 1.54) is 30.7 Å². The maximum atomic E-state index is 13.5. The van der Waals surface area contributed by atoms with Gasteiger partial charge in [-0.2, -0.15) is 4.39 Å². The second-order valence-electron chi connectivity index (χ2n) is 6.28. The van der Waals surface area contributed by atoms with Crippen LogP contribution < -0.4 is 10.1 Å². The number of aromatic carboxylic acids is 1. The normalized spacial score (nSPS) is 10.7. The summed E-state index contributed by atoms with van der Waals surface area (Å²) in [4.78, 5) is 22.8. The predicted octanol–water partition coefficient (Wildman–Crippen LogP) is 4.71. The Labute approximate surface area is 164 Å². The number of carboxylic acid groups (broad SMARTS) is 1. The van der Waals surface area contributed by atoms with E-state index in [0.717, 1.165) is 11.3 Å². The van der Waals surface area contributed by atoms with Crippen molar-refractivity contribution in [1.82, 2.24) is 15.0 Å². The van der Waals surface area contributed by atoms with Crippen LogP contribution in [0.3, 0.4) is 0 Å². The maximum absolute atomic E-state index is 13.5. The molecule has 0 aliphatic carbocycles. The van der Waals surface area contributed by atoms with E-state index in [9.17, 15) is 9.18 Å². The molecule has 2 aromatic heterocycles. The highest BCUT2D eigenvalue weighted by atomic mass is 19.1. The van der Waals surface area contributed by atoms with E-state index >= 15 is 0 Å². The Morgan fingerprint density at radius 3 is 2.59 bits per heavy atom. The van der Waals surface area contributed by atoms with Gasteiger partial charge in [0.1, 0.15) is 23.6 Å². The third-order valence-corrected chi connectivity index (χ3v) is 4.26. The molecular weight excluding hydrogens is 375 g/mol. The molecule has 144 valence electrons. The molecule has 2 aromatic carbocycles. The lowest BCUT2D eigenvalue weighted by Crippen LogP contribution is -1.98. The first-order valence-corrected chi connectivity index (χ1v) is 8.65. The molecule has 4 aromatic rings. The molecule has 0 bridgehead atoms. The highest BCUT2D eigenvalue weighted by Crippen LogP contribution is 2.29. The number of anilines is 2. The summed E-state index contributed by atoms with van der Waals surface area (Å²) in [5, 5.41) is 12.6. The molecule has 0 fully saturated rings. The van der Waals surface area contributed by atoms with Crippen LogP contribution in [-0.4, -0.2) is 26.0 Å². The van der Waals surface area contributed by atoms with Crippen LogP contribution in [0.25, 0.3) is 10.9 Å². The summed E-state index contributed by atoms with van der Waals surface area (Å²) in [7, 11) is 0. The Hall–Kier alpha value is -4.07. The van der Waals surface area contributed by atoms with E-state index in [1.54, 1.807) is 24.3 Å². The first kappa shape index (κ1) is 18.3. The smallest absolute Gasteiger partial charge is 0.335 e. The zero-order valence-electron chi connectivity index (χ0n) is 15.3. The lowest BCUT2D eigenvalue weighted by Gasteiger charge is -2.12. The number of ether oxygens (including phenoxy) is 1. The van der Waals surface area contributed by atoms with Crippen LogP contribution in [-0.2, 0) is 0 Å².